The summed E-state index contributed by atoms with van der Waals surface area (Å²) in [6.45, 7) is 1.76. The van der Waals surface area contributed by atoms with Crippen LogP contribution < -0.4 is 11.1 Å². The quantitative estimate of drug-likeness (QED) is 0.391. The van der Waals surface area contributed by atoms with Gasteiger partial charge in [0.15, 0.2) is 5.03 Å². The smallest absolute Gasteiger partial charge is 0.399 e. The summed E-state index contributed by atoms with van der Waals surface area (Å²) < 4.78 is 67.0. The van der Waals surface area contributed by atoms with E-state index in [1.807, 2.05) is 0 Å². The van der Waals surface area contributed by atoms with Crippen molar-refractivity contribution in [3.05, 3.63) is 70.3 Å². The molecule has 1 aliphatic rings. The van der Waals surface area contributed by atoms with Crippen LogP contribution in [0.4, 0.5) is 24.7 Å². The highest BCUT2D eigenvalue weighted by Gasteiger charge is 2.33. The summed E-state index contributed by atoms with van der Waals surface area (Å²) in [5, 5.41) is 2.90. The van der Waals surface area contributed by atoms with Crippen molar-refractivity contribution in [2.45, 2.75) is 37.1 Å². The van der Waals surface area contributed by atoms with Crippen LogP contribution in [-0.2, 0) is 29.2 Å². The first-order chi connectivity index (χ1) is 15.9. The zero-order valence-corrected chi connectivity index (χ0v) is 19.4. The van der Waals surface area contributed by atoms with Crippen LogP contribution in [0.3, 0.4) is 0 Å². The molecule has 0 saturated carbocycles. The van der Waals surface area contributed by atoms with Gasteiger partial charge in [0, 0.05) is 37.0 Å². The molecule has 0 saturated heterocycles. The van der Waals surface area contributed by atoms with Crippen LogP contribution in [0.1, 0.15) is 35.3 Å². The van der Waals surface area contributed by atoms with Gasteiger partial charge in [-0.25, -0.2) is 23.4 Å². The van der Waals surface area contributed by atoms with Crippen molar-refractivity contribution in [1.82, 2.24) is 19.3 Å². The zero-order chi connectivity index (χ0) is 24.7. The number of nitrogens with one attached hydrogen (secondary N) is 1. The number of sulfonamides is 1. The van der Waals surface area contributed by atoms with Crippen molar-refractivity contribution in [2.75, 3.05) is 17.6 Å². The molecule has 0 fully saturated rings. The van der Waals surface area contributed by atoms with Gasteiger partial charge in [-0.1, -0.05) is 6.07 Å². The Balaban J connectivity index is 1.66. The third-order valence-electron chi connectivity index (χ3n) is 5.40. The maximum Gasteiger partial charge on any atom is 0.416 e. The number of anilines is 2. The molecule has 0 radical (unpaired) electrons. The first-order valence-electron chi connectivity index (χ1n) is 10.2. The molecule has 0 spiro atoms. The summed E-state index contributed by atoms with van der Waals surface area (Å²) >= 11 is 6.07. The Morgan fingerprint density at radius 1 is 1.21 bits per heavy atom. The lowest BCUT2D eigenvalue weighted by Gasteiger charge is -2.29. The van der Waals surface area contributed by atoms with Gasteiger partial charge < -0.3 is 11.1 Å². The van der Waals surface area contributed by atoms with E-state index in [2.05, 4.69) is 20.3 Å². The Morgan fingerprint density at radius 2 is 1.97 bits per heavy atom. The van der Waals surface area contributed by atoms with Crippen molar-refractivity contribution in [3.8, 4) is 0 Å². The lowest BCUT2D eigenvalue weighted by atomic mass is 10.0. The van der Waals surface area contributed by atoms with E-state index in [4.69, 9.17) is 17.3 Å². The van der Waals surface area contributed by atoms with Crippen molar-refractivity contribution >= 4 is 33.1 Å². The van der Waals surface area contributed by atoms with E-state index in [-0.39, 0.29) is 46.9 Å². The molecule has 34 heavy (non-hydrogen) atoms. The molecule has 180 valence electrons. The van der Waals surface area contributed by atoms with Crippen LogP contribution in [0.2, 0.25) is 5.28 Å². The molecule has 13 heteroatoms. The minimum Gasteiger partial charge on any atom is -0.399 e. The minimum absolute atomic E-state index is 0.0335. The first-order valence-corrected chi connectivity index (χ1v) is 12.0. The SMILES string of the molecule is C[C@@H](Nc1nc(Cl)nc2c1CN(S(=O)(=O)c1ccccn1)CC2)c1cc(N)cc(C(F)(F)F)c1. The van der Waals surface area contributed by atoms with E-state index in [1.165, 1.54) is 22.6 Å². The number of hydrogen-bond acceptors (Lipinski definition) is 7. The summed E-state index contributed by atoms with van der Waals surface area (Å²) in [5.41, 5.74) is 6.12. The van der Waals surface area contributed by atoms with Crippen LogP contribution in [0.25, 0.3) is 0 Å². The van der Waals surface area contributed by atoms with Gasteiger partial charge in [-0.05, 0) is 54.4 Å². The van der Waals surface area contributed by atoms with Crippen molar-refractivity contribution < 1.29 is 21.6 Å². The van der Waals surface area contributed by atoms with E-state index in [0.717, 1.165) is 12.1 Å². The van der Waals surface area contributed by atoms with Crippen molar-refractivity contribution in [1.29, 1.82) is 0 Å². The molecule has 0 bridgehead atoms. The lowest BCUT2D eigenvalue weighted by Crippen LogP contribution is -2.37. The van der Waals surface area contributed by atoms with Gasteiger partial charge in [0.1, 0.15) is 5.82 Å². The molecule has 3 heterocycles. The van der Waals surface area contributed by atoms with Gasteiger partial charge in [-0.3, -0.25) is 0 Å². The Bertz CT molecular complexity index is 1320. The highest BCUT2D eigenvalue weighted by atomic mass is 35.5. The predicted molar refractivity (Wildman–Crippen MR) is 120 cm³/mol. The summed E-state index contributed by atoms with van der Waals surface area (Å²) in [7, 11) is -3.88. The third kappa shape index (κ3) is 4.93. The van der Waals surface area contributed by atoms with Gasteiger partial charge in [-0.2, -0.15) is 17.5 Å². The second-order valence-corrected chi connectivity index (χ2v) is 10.00. The highest BCUT2D eigenvalue weighted by Crippen LogP contribution is 2.34. The van der Waals surface area contributed by atoms with Crippen molar-refractivity contribution in [3.63, 3.8) is 0 Å². The maximum absolute atomic E-state index is 13.2. The molecule has 3 N–H and O–H groups in total. The molecule has 3 aromatic rings. The Kier molecular flexibility index (Phi) is 6.40. The van der Waals surface area contributed by atoms with E-state index >= 15 is 0 Å². The maximum atomic E-state index is 13.2. The van der Waals surface area contributed by atoms with Crippen LogP contribution in [-0.4, -0.2) is 34.2 Å². The van der Waals surface area contributed by atoms with E-state index in [0.29, 0.717) is 11.3 Å². The number of alkyl halides is 3. The zero-order valence-electron chi connectivity index (χ0n) is 17.8. The second kappa shape index (κ2) is 9.01. The summed E-state index contributed by atoms with van der Waals surface area (Å²) in [5.74, 6) is 0.236. The molecule has 0 amide bonds. The highest BCUT2D eigenvalue weighted by molar-refractivity contribution is 7.89. The number of fused-ring (bicyclic) bond motifs is 1. The average molecular weight is 513 g/mol. The molecule has 0 aliphatic carbocycles. The van der Waals surface area contributed by atoms with Crippen LogP contribution in [0.15, 0.2) is 47.6 Å². The fourth-order valence-electron chi connectivity index (χ4n) is 3.69. The van der Waals surface area contributed by atoms with Crippen LogP contribution >= 0.6 is 11.6 Å². The normalized spacial score (nSPS) is 15.6. The van der Waals surface area contributed by atoms with E-state index in [1.54, 1.807) is 19.1 Å². The number of rotatable bonds is 5. The van der Waals surface area contributed by atoms with E-state index < -0.39 is 27.8 Å². The number of aromatic nitrogens is 3. The number of nitrogen functional groups attached to an aromatic ring is 1. The number of hydrogen-bond donors (Lipinski definition) is 2. The first kappa shape index (κ1) is 24.2. The number of benzene rings is 1. The summed E-state index contributed by atoms with van der Waals surface area (Å²) in [6, 6.07) is 7.24. The number of halogens is 4. The summed E-state index contributed by atoms with van der Waals surface area (Å²) in [4.78, 5) is 12.3. The topological polar surface area (TPSA) is 114 Å². The molecule has 1 aliphatic heterocycles. The largest absolute Gasteiger partial charge is 0.416 e. The lowest BCUT2D eigenvalue weighted by molar-refractivity contribution is -0.137. The monoisotopic (exact) mass is 512 g/mol. The molecule has 8 nitrogen and oxygen atoms in total. The van der Waals surface area contributed by atoms with Crippen LogP contribution in [0.5, 0.6) is 0 Å². The third-order valence-corrected chi connectivity index (χ3v) is 7.33. The predicted octanol–water partition coefficient (Wildman–Crippen LogP) is 4.05. The molecular formula is C21H20ClF3N6O2S. The Labute approximate surface area is 199 Å². The van der Waals surface area contributed by atoms with Gasteiger partial charge in [0.25, 0.3) is 10.0 Å². The minimum atomic E-state index is -4.55. The molecule has 2 aromatic heterocycles. The van der Waals surface area contributed by atoms with Gasteiger partial charge in [-0.15, -0.1) is 0 Å². The standard InChI is InChI=1S/C21H20ClF3N6O2S/c1-12(13-8-14(21(23,24)25)10-15(26)9-13)28-19-16-11-31(7-5-17(16)29-20(22)30-19)34(32,33)18-4-2-3-6-27-18/h2-4,6,8-10,12H,5,7,11,26H2,1H3,(H,28,29,30)/t12-/m1/s1. The molecule has 0 unspecified atom stereocenters. The Hall–Kier alpha value is -2.96. The summed E-state index contributed by atoms with van der Waals surface area (Å²) in [6.07, 6.45) is -2.88. The second-order valence-electron chi connectivity index (χ2n) is 7.78. The average Bonchev–Trinajstić information content (AvgIpc) is 2.78. The van der Waals surface area contributed by atoms with Gasteiger partial charge in [0.05, 0.1) is 17.3 Å². The van der Waals surface area contributed by atoms with Gasteiger partial charge >= 0.3 is 6.18 Å². The van der Waals surface area contributed by atoms with E-state index in [9.17, 15) is 21.6 Å². The molecular weight excluding hydrogens is 493 g/mol. The number of pyridine rings is 1. The fourth-order valence-corrected chi connectivity index (χ4v) is 5.22. The van der Waals surface area contributed by atoms with Gasteiger partial charge in [0.2, 0.25) is 5.28 Å². The van der Waals surface area contributed by atoms with Crippen molar-refractivity contribution in [2.24, 2.45) is 0 Å². The Morgan fingerprint density at radius 3 is 2.65 bits per heavy atom. The van der Waals surface area contributed by atoms with Crippen LogP contribution in [0, 0.1) is 0 Å². The molecule has 1 aromatic carbocycles. The number of nitrogens with two attached hydrogens (primary N) is 1. The molecule has 4 rings (SSSR count). The number of nitrogens with zero attached hydrogens (tertiary/aromatic N) is 4. The fraction of sp³-hybridized carbons (Fsp3) is 0.286. The molecule has 1 atom stereocenters.